The molecule has 1 unspecified atom stereocenters. The van der Waals surface area contributed by atoms with E-state index < -0.39 is 18.2 Å². The minimum absolute atomic E-state index is 0.101. The van der Waals surface area contributed by atoms with Crippen molar-refractivity contribution in [3.05, 3.63) is 47.5 Å². The lowest BCUT2D eigenvalue weighted by atomic mass is 9.57. The number of aliphatic hydroxyl groups is 2. The van der Waals surface area contributed by atoms with Crippen molar-refractivity contribution >= 4 is 5.97 Å². The van der Waals surface area contributed by atoms with Crippen LogP contribution < -0.4 is 0 Å². The van der Waals surface area contributed by atoms with E-state index in [0.717, 1.165) is 18.4 Å². The summed E-state index contributed by atoms with van der Waals surface area (Å²) in [5.74, 6) is 5.95. The number of carboxylic acid groups (broad SMARTS) is 1. The van der Waals surface area contributed by atoms with Crippen LogP contribution in [0, 0.1) is 29.6 Å². The molecule has 2 aliphatic carbocycles. The van der Waals surface area contributed by atoms with E-state index in [1.807, 2.05) is 30.3 Å². The zero-order chi connectivity index (χ0) is 18.5. The van der Waals surface area contributed by atoms with Gasteiger partial charge in [0, 0.05) is 12.8 Å². The zero-order valence-corrected chi connectivity index (χ0v) is 14.8. The van der Waals surface area contributed by atoms with Gasteiger partial charge >= 0.3 is 5.97 Å². The predicted octanol–water partition coefficient (Wildman–Crippen LogP) is 2.79. The number of rotatable bonds is 5. The van der Waals surface area contributed by atoms with Crippen LogP contribution in [0.5, 0.6) is 0 Å². The van der Waals surface area contributed by atoms with Gasteiger partial charge in [-0.2, -0.15) is 0 Å². The van der Waals surface area contributed by atoms with E-state index in [1.165, 1.54) is 5.57 Å². The molecule has 0 amide bonds. The second kappa shape index (κ2) is 8.53. The van der Waals surface area contributed by atoms with Crippen molar-refractivity contribution in [3.63, 3.8) is 0 Å². The summed E-state index contributed by atoms with van der Waals surface area (Å²) >= 11 is 0. The molecule has 3 rings (SSSR count). The molecule has 4 heteroatoms. The summed E-state index contributed by atoms with van der Waals surface area (Å²) < 4.78 is 0. The third kappa shape index (κ3) is 4.55. The molecule has 2 aliphatic rings. The van der Waals surface area contributed by atoms with Crippen LogP contribution in [0.3, 0.4) is 0 Å². The van der Waals surface area contributed by atoms with Gasteiger partial charge in [0.25, 0.3) is 0 Å². The van der Waals surface area contributed by atoms with Gasteiger partial charge in [-0.05, 0) is 43.1 Å². The fourth-order valence-electron chi connectivity index (χ4n) is 4.17. The molecule has 3 N–H and O–H groups in total. The third-order valence-corrected chi connectivity index (χ3v) is 5.57. The molecule has 5 atom stereocenters. The highest BCUT2D eigenvalue weighted by Crippen LogP contribution is 2.51. The van der Waals surface area contributed by atoms with Gasteiger partial charge in [0.05, 0.1) is 12.0 Å². The summed E-state index contributed by atoms with van der Waals surface area (Å²) in [5.41, 5.74) is 2.36. The molecule has 2 fully saturated rings. The number of benzene rings is 1. The van der Waals surface area contributed by atoms with E-state index in [2.05, 4.69) is 17.9 Å². The number of hydrogen-bond acceptors (Lipinski definition) is 3. The summed E-state index contributed by atoms with van der Waals surface area (Å²) in [6.07, 6.45) is 4.66. The molecule has 26 heavy (non-hydrogen) atoms. The number of carbonyl (C=O) groups is 1. The summed E-state index contributed by atoms with van der Waals surface area (Å²) in [6.45, 7) is 0. The van der Waals surface area contributed by atoms with Gasteiger partial charge in [0.1, 0.15) is 6.10 Å². The summed E-state index contributed by atoms with van der Waals surface area (Å²) in [6, 6.07) is 9.76. The Morgan fingerprint density at radius 2 is 2.04 bits per heavy atom. The van der Waals surface area contributed by atoms with Crippen molar-refractivity contribution in [3.8, 4) is 11.8 Å². The second-order valence-electron chi connectivity index (χ2n) is 7.35. The quantitative estimate of drug-likeness (QED) is 0.561. The van der Waals surface area contributed by atoms with Crippen molar-refractivity contribution < 1.29 is 20.1 Å². The molecule has 0 saturated heterocycles. The number of aliphatic hydroxyl groups excluding tert-OH is 2. The topological polar surface area (TPSA) is 77.8 Å². The molecule has 138 valence electrons. The average Bonchev–Trinajstić information content (AvgIpc) is 2.59. The fourth-order valence-corrected chi connectivity index (χ4v) is 4.17. The highest BCUT2D eigenvalue weighted by molar-refractivity contribution is 5.66. The van der Waals surface area contributed by atoms with Crippen molar-refractivity contribution in [2.24, 2.45) is 17.8 Å². The van der Waals surface area contributed by atoms with Gasteiger partial charge in [-0.1, -0.05) is 53.8 Å². The van der Waals surface area contributed by atoms with E-state index in [4.69, 9.17) is 5.11 Å². The number of hydrogen-bond donors (Lipinski definition) is 3. The van der Waals surface area contributed by atoms with Crippen LogP contribution in [0.25, 0.3) is 0 Å². The Morgan fingerprint density at radius 3 is 2.77 bits per heavy atom. The third-order valence-electron chi connectivity index (χ3n) is 5.57. The SMILES string of the molecule is O=C(O)CC/C=C1/C[C@H]2[C@H](C#CC(O)Cc3ccccc3)[C@@H](O)CC[C@@H]12. The van der Waals surface area contributed by atoms with E-state index in [9.17, 15) is 15.0 Å². The highest BCUT2D eigenvalue weighted by Gasteiger charge is 2.46. The average molecular weight is 354 g/mol. The van der Waals surface area contributed by atoms with Crippen LogP contribution in [0.1, 0.15) is 37.7 Å². The van der Waals surface area contributed by atoms with Crippen LogP contribution in [-0.4, -0.2) is 33.5 Å². The first-order valence-corrected chi connectivity index (χ1v) is 9.36. The highest BCUT2D eigenvalue weighted by atomic mass is 16.4. The molecule has 1 aromatic rings. The van der Waals surface area contributed by atoms with Gasteiger partial charge in [0.15, 0.2) is 0 Å². The lowest BCUT2D eigenvalue weighted by Gasteiger charge is -2.48. The minimum atomic E-state index is -0.770. The van der Waals surface area contributed by atoms with E-state index in [0.29, 0.717) is 31.1 Å². The van der Waals surface area contributed by atoms with Crippen molar-refractivity contribution in [2.75, 3.05) is 0 Å². The number of fused-ring (bicyclic) bond motifs is 1. The predicted molar refractivity (Wildman–Crippen MR) is 99.2 cm³/mol. The summed E-state index contributed by atoms with van der Waals surface area (Å²) in [7, 11) is 0. The van der Waals surface area contributed by atoms with Crippen LogP contribution in [0.4, 0.5) is 0 Å². The van der Waals surface area contributed by atoms with Gasteiger partial charge in [-0.25, -0.2) is 0 Å². The molecule has 0 heterocycles. The lowest BCUT2D eigenvalue weighted by Crippen LogP contribution is -2.44. The standard InChI is InChI=1S/C22H26O4/c23-17(13-15-5-2-1-3-6-15)9-10-19-20-14-16(7-4-8-22(25)26)18(20)11-12-21(19)24/h1-3,5-7,17-21,23-24H,4,8,11-14H2,(H,25,26)/b16-7-/t17?,18-,19-,20+,21-/m0/s1. The summed E-state index contributed by atoms with van der Waals surface area (Å²) in [5, 5.41) is 29.3. The Hall–Kier alpha value is -2.09. The van der Waals surface area contributed by atoms with Crippen molar-refractivity contribution in [1.29, 1.82) is 0 Å². The second-order valence-corrected chi connectivity index (χ2v) is 7.35. The Labute approximate surface area is 154 Å². The van der Waals surface area contributed by atoms with Crippen molar-refractivity contribution in [1.82, 2.24) is 0 Å². The first kappa shape index (κ1) is 18.7. The van der Waals surface area contributed by atoms with Gasteiger partial charge < -0.3 is 15.3 Å². The lowest BCUT2D eigenvalue weighted by molar-refractivity contribution is -0.136. The minimum Gasteiger partial charge on any atom is -0.481 e. The Kier molecular flexibility index (Phi) is 6.13. The van der Waals surface area contributed by atoms with Crippen LogP contribution >= 0.6 is 0 Å². The van der Waals surface area contributed by atoms with Gasteiger partial charge in [-0.3, -0.25) is 4.79 Å². The smallest absolute Gasteiger partial charge is 0.303 e. The number of allylic oxidation sites excluding steroid dienone is 2. The first-order valence-electron chi connectivity index (χ1n) is 9.36. The molecule has 0 aliphatic heterocycles. The largest absolute Gasteiger partial charge is 0.481 e. The number of aliphatic carboxylic acids is 1. The first-order chi connectivity index (χ1) is 12.5. The van der Waals surface area contributed by atoms with Crippen molar-refractivity contribution in [2.45, 2.75) is 50.7 Å². The fraction of sp³-hybridized carbons (Fsp3) is 0.500. The van der Waals surface area contributed by atoms with Crippen LogP contribution in [-0.2, 0) is 11.2 Å². The zero-order valence-electron chi connectivity index (χ0n) is 14.8. The van der Waals surface area contributed by atoms with E-state index in [-0.39, 0.29) is 12.3 Å². The van der Waals surface area contributed by atoms with Gasteiger partial charge in [0.2, 0.25) is 0 Å². The van der Waals surface area contributed by atoms with Crippen LogP contribution in [0.15, 0.2) is 42.0 Å². The molecular weight excluding hydrogens is 328 g/mol. The molecule has 0 aromatic heterocycles. The monoisotopic (exact) mass is 354 g/mol. The van der Waals surface area contributed by atoms with Crippen LogP contribution in [0.2, 0.25) is 0 Å². The molecule has 1 aromatic carbocycles. The molecule has 0 spiro atoms. The maximum atomic E-state index is 10.6. The maximum Gasteiger partial charge on any atom is 0.303 e. The molecule has 2 saturated carbocycles. The van der Waals surface area contributed by atoms with E-state index >= 15 is 0 Å². The Balaban J connectivity index is 1.59. The van der Waals surface area contributed by atoms with Gasteiger partial charge in [-0.15, -0.1) is 0 Å². The Morgan fingerprint density at radius 1 is 1.27 bits per heavy atom. The molecular formula is C22H26O4. The molecule has 4 nitrogen and oxygen atoms in total. The molecule has 0 radical (unpaired) electrons. The molecule has 0 bridgehead atoms. The maximum absolute atomic E-state index is 10.6. The summed E-state index contributed by atoms with van der Waals surface area (Å²) in [4.78, 5) is 10.6. The Bertz CT molecular complexity index is 713. The normalized spacial score (nSPS) is 29.8. The van der Waals surface area contributed by atoms with E-state index in [1.54, 1.807) is 0 Å². The number of carboxylic acids is 1.